The Labute approximate surface area is 130 Å². The monoisotopic (exact) mass is 294 g/mol. The molecule has 0 aliphatic heterocycles. The zero-order valence-corrected chi connectivity index (χ0v) is 12.8. The molecule has 0 aromatic carbocycles. The molecule has 2 aliphatic rings. The van der Waals surface area contributed by atoms with Gasteiger partial charge >= 0.3 is 0 Å². The van der Waals surface area contributed by atoms with Crippen molar-refractivity contribution in [1.82, 2.24) is 15.2 Å². The van der Waals surface area contributed by atoms with Gasteiger partial charge < -0.3 is 5.32 Å². The molecule has 4 nitrogen and oxygen atoms in total. The molecular formula is C18H22N4. The first-order valence-corrected chi connectivity index (χ1v) is 8.34. The van der Waals surface area contributed by atoms with Crippen molar-refractivity contribution in [3.8, 4) is 0 Å². The lowest BCUT2D eigenvalue weighted by Crippen LogP contribution is -2.23. The number of rotatable bonds is 3. The molecule has 2 aliphatic carbocycles. The fourth-order valence-corrected chi connectivity index (χ4v) is 3.60. The minimum absolute atomic E-state index is 0.367. The number of hydrogen-bond donors (Lipinski definition) is 2. The molecule has 1 saturated carbocycles. The van der Waals surface area contributed by atoms with E-state index in [1.165, 1.54) is 37.8 Å². The number of nitrogens with zero attached hydrogens (tertiary/aromatic N) is 2. The van der Waals surface area contributed by atoms with Crippen molar-refractivity contribution in [3.05, 3.63) is 42.3 Å². The molecule has 0 spiro atoms. The summed E-state index contributed by atoms with van der Waals surface area (Å²) in [7, 11) is 0. The predicted octanol–water partition coefficient (Wildman–Crippen LogP) is 4.30. The summed E-state index contributed by atoms with van der Waals surface area (Å²) in [4.78, 5) is 4.62. The van der Waals surface area contributed by atoms with Gasteiger partial charge in [0.15, 0.2) is 0 Å². The third kappa shape index (κ3) is 2.54. The molecule has 2 aromatic heterocycles. The van der Waals surface area contributed by atoms with Crippen LogP contribution in [0.4, 0.5) is 5.82 Å². The molecule has 1 atom stereocenters. The lowest BCUT2D eigenvalue weighted by molar-refractivity contribution is 0.462. The summed E-state index contributed by atoms with van der Waals surface area (Å²) < 4.78 is 0. The summed E-state index contributed by atoms with van der Waals surface area (Å²) in [5.41, 5.74) is 2.19. The Kier molecular flexibility index (Phi) is 3.67. The van der Waals surface area contributed by atoms with Crippen molar-refractivity contribution >= 4 is 16.7 Å². The molecule has 1 unspecified atom stereocenters. The average molecular weight is 294 g/mol. The average Bonchev–Trinajstić information content (AvgIpc) is 3.02. The van der Waals surface area contributed by atoms with Crippen molar-refractivity contribution in [1.29, 1.82) is 0 Å². The minimum atomic E-state index is 0.367. The summed E-state index contributed by atoms with van der Waals surface area (Å²) in [6.07, 6.45) is 18.1. The number of aromatic amines is 1. The number of anilines is 1. The van der Waals surface area contributed by atoms with Gasteiger partial charge in [0.1, 0.15) is 5.82 Å². The first kappa shape index (κ1) is 13.6. The molecule has 2 aromatic rings. The molecule has 1 fully saturated rings. The predicted molar refractivity (Wildman–Crippen MR) is 90.0 cm³/mol. The lowest BCUT2D eigenvalue weighted by Gasteiger charge is -2.24. The van der Waals surface area contributed by atoms with Crippen molar-refractivity contribution in [2.75, 3.05) is 5.32 Å². The van der Waals surface area contributed by atoms with E-state index in [9.17, 15) is 0 Å². The van der Waals surface area contributed by atoms with Crippen LogP contribution in [-0.2, 0) is 0 Å². The zero-order chi connectivity index (χ0) is 14.8. The van der Waals surface area contributed by atoms with E-state index in [1.807, 2.05) is 12.3 Å². The van der Waals surface area contributed by atoms with Crippen molar-refractivity contribution in [2.45, 2.75) is 50.5 Å². The second-order valence-electron chi connectivity index (χ2n) is 6.33. The van der Waals surface area contributed by atoms with E-state index < -0.39 is 0 Å². The second kappa shape index (κ2) is 5.95. The van der Waals surface area contributed by atoms with Crippen LogP contribution in [0.1, 0.15) is 50.1 Å². The van der Waals surface area contributed by atoms with E-state index in [2.05, 4.69) is 44.8 Å². The van der Waals surface area contributed by atoms with E-state index in [1.54, 1.807) is 0 Å². The van der Waals surface area contributed by atoms with Gasteiger partial charge in [-0.3, -0.25) is 5.10 Å². The van der Waals surface area contributed by atoms with Crippen molar-refractivity contribution in [2.24, 2.45) is 0 Å². The van der Waals surface area contributed by atoms with Crippen molar-refractivity contribution < 1.29 is 0 Å². The van der Waals surface area contributed by atoms with Crippen LogP contribution in [0, 0.1) is 0 Å². The topological polar surface area (TPSA) is 53.6 Å². The van der Waals surface area contributed by atoms with Gasteiger partial charge in [0, 0.05) is 18.2 Å². The Bertz CT molecular complexity index is 707. The molecule has 4 heteroatoms. The van der Waals surface area contributed by atoms with Gasteiger partial charge in [0.05, 0.1) is 16.6 Å². The number of pyridine rings is 1. The maximum absolute atomic E-state index is 4.62. The quantitative estimate of drug-likeness (QED) is 0.887. The van der Waals surface area contributed by atoms with Gasteiger partial charge in [-0.15, -0.1) is 0 Å². The Morgan fingerprint density at radius 1 is 1.14 bits per heavy atom. The fourth-order valence-electron chi connectivity index (χ4n) is 3.60. The van der Waals surface area contributed by atoms with Gasteiger partial charge in [0.2, 0.25) is 0 Å². The van der Waals surface area contributed by atoms with Crippen LogP contribution in [0.2, 0.25) is 0 Å². The highest BCUT2D eigenvalue weighted by molar-refractivity contribution is 5.92. The van der Waals surface area contributed by atoms with Gasteiger partial charge in [-0.2, -0.15) is 5.10 Å². The molecule has 0 saturated heterocycles. The summed E-state index contributed by atoms with van der Waals surface area (Å²) >= 11 is 0. The standard InChI is InChI=1S/C18H22N4/c1-3-7-13(8-4-1)17-16-15(21-22-17)11-12-19-18(16)20-14-9-5-2-6-10-14/h1,3-4,7,11-14H,2,5-6,8-10H2,(H,19,20)(H,21,22). The summed E-state index contributed by atoms with van der Waals surface area (Å²) in [6.45, 7) is 0. The van der Waals surface area contributed by atoms with Crippen LogP contribution in [0.15, 0.2) is 36.6 Å². The van der Waals surface area contributed by atoms with Gasteiger partial charge in [-0.1, -0.05) is 43.6 Å². The SMILES string of the molecule is C1=CCC(c2[nH]nc3ccnc(NC4CCCCC4)c23)C=C1. The number of fused-ring (bicyclic) bond motifs is 1. The molecule has 0 amide bonds. The van der Waals surface area contributed by atoms with Crippen LogP contribution in [0.5, 0.6) is 0 Å². The number of nitrogens with one attached hydrogen (secondary N) is 2. The Balaban J connectivity index is 1.69. The largest absolute Gasteiger partial charge is 0.367 e. The van der Waals surface area contributed by atoms with Crippen molar-refractivity contribution in [3.63, 3.8) is 0 Å². The van der Waals surface area contributed by atoms with E-state index in [0.29, 0.717) is 12.0 Å². The molecule has 0 bridgehead atoms. The molecule has 22 heavy (non-hydrogen) atoms. The van der Waals surface area contributed by atoms with Crippen LogP contribution >= 0.6 is 0 Å². The van der Waals surface area contributed by atoms with Crippen LogP contribution in [0.3, 0.4) is 0 Å². The highest BCUT2D eigenvalue weighted by Gasteiger charge is 2.20. The molecule has 0 radical (unpaired) electrons. The number of allylic oxidation sites excluding steroid dienone is 4. The van der Waals surface area contributed by atoms with E-state index in [4.69, 9.17) is 0 Å². The summed E-state index contributed by atoms with van der Waals surface area (Å²) in [5, 5.41) is 12.6. The highest BCUT2D eigenvalue weighted by atomic mass is 15.1. The molecule has 4 rings (SSSR count). The second-order valence-corrected chi connectivity index (χ2v) is 6.33. The van der Waals surface area contributed by atoms with Gasteiger partial charge in [-0.25, -0.2) is 4.98 Å². The molecule has 114 valence electrons. The third-order valence-electron chi connectivity index (χ3n) is 4.79. The van der Waals surface area contributed by atoms with Crippen LogP contribution < -0.4 is 5.32 Å². The number of hydrogen-bond acceptors (Lipinski definition) is 3. The fraction of sp³-hybridized carbons (Fsp3) is 0.444. The Morgan fingerprint density at radius 2 is 2.05 bits per heavy atom. The molecular weight excluding hydrogens is 272 g/mol. The van der Waals surface area contributed by atoms with E-state index in [0.717, 1.165) is 23.1 Å². The number of aromatic nitrogens is 3. The highest BCUT2D eigenvalue weighted by Crippen LogP contribution is 2.33. The normalized spacial score (nSPS) is 22.3. The van der Waals surface area contributed by atoms with Crippen LogP contribution in [0.25, 0.3) is 10.9 Å². The van der Waals surface area contributed by atoms with E-state index in [-0.39, 0.29) is 0 Å². The smallest absolute Gasteiger partial charge is 0.137 e. The van der Waals surface area contributed by atoms with Gasteiger partial charge in [0.25, 0.3) is 0 Å². The maximum Gasteiger partial charge on any atom is 0.137 e. The number of H-pyrrole nitrogens is 1. The summed E-state index contributed by atoms with van der Waals surface area (Å²) in [6, 6.07) is 2.54. The first-order valence-electron chi connectivity index (χ1n) is 8.34. The lowest BCUT2D eigenvalue weighted by atomic mass is 9.94. The first-order chi connectivity index (χ1) is 10.9. The van der Waals surface area contributed by atoms with E-state index >= 15 is 0 Å². The third-order valence-corrected chi connectivity index (χ3v) is 4.79. The Morgan fingerprint density at radius 3 is 2.86 bits per heavy atom. The minimum Gasteiger partial charge on any atom is -0.367 e. The Hall–Kier alpha value is -2.10. The van der Waals surface area contributed by atoms with Gasteiger partial charge in [-0.05, 0) is 25.3 Å². The molecule has 2 heterocycles. The zero-order valence-electron chi connectivity index (χ0n) is 12.8. The summed E-state index contributed by atoms with van der Waals surface area (Å²) in [5.74, 6) is 1.36. The maximum atomic E-state index is 4.62. The van der Waals surface area contributed by atoms with Crippen LogP contribution in [-0.4, -0.2) is 21.2 Å². The molecule has 2 N–H and O–H groups in total.